The zero-order valence-electron chi connectivity index (χ0n) is 13.8. The minimum atomic E-state index is -0.0684. The van der Waals surface area contributed by atoms with Gasteiger partial charge in [-0.15, -0.1) is 35.3 Å². The Hall–Kier alpha value is -1.61. The quantitative estimate of drug-likeness (QED) is 0.354. The number of hydrogen-bond donors (Lipinski definition) is 3. The molecule has 2 rings (SSSR count). The van der Waals surface area contributed by atoms with Crippen molar-refractivity contribution in [2.45, 2.75) is 19.9 Å². The van der Waals surface area contributed by atoms with Gasteiger partial charge in [-0.1, -0.05) is 18.2 Å². The summed E-state index contributed by atoms with van der Waals surface area (Å²) in [4.78, 5) is 16.7. The van der Waals surface area contributed by atoms with Crippen LogP contribution in [0.2, 0.25) is 0 Å². The Balaban J connectivity index is 0.00000288. The van der Waals surface area contributed by atoms with Gasteiger partial charge in [0.15, 0.2) is 5.96 Å². The summed E-state index contributed by atoms with van der Waals surface area (Å²) in [6, 6.07) is 12.0. The summed E-state index contributed by atoms with van der Waals surface area (Å²) in [5, 5.41) is 11.4. The molecule has 5 nitrogen and oxygen atoms in total. The fraction of sp³-hybridized carbons (Fsp3) is 0.294. The van der Waals surface area contributed by atoms with Crippen molar-refractivity contribution in [3.05, 3.63) is 52.2 Å². The second kappa shape index (κ2) is 11.0. The molecule has 0 aliphatic rings. The Morgan fingerprint density at radius 1 is 1.21 bits per heavy atom. The summed E-state index contributed by atoms with van der Waals surface area (Å²) < 4.78 is 0. The molecule has 0 aliphatic carbocycles. The van der Waals surface area contributed by atoms with E-state index in [0.717, 1.165) is 30.2 Å². The van der Waals surface area contributed by atoms with Crippen LogP contribution in [0.4, 0.5) is 5.69 Å². The Morgan fingerprint density at radius 3 is 2.71 bits per heavy atom. The van der Waals surface area contributed by atoms with Crippen molar-refractivity contribution in [1.29, 1.82) is 0 Å². The van der Waals surface area contributed by atoms with E-state index in [-0.39, 0.29) is 29.9 Å². The van der Waals surface area contributed by atoms with Crippen LogP contribution in [0.25, 0.3) is 0 Å². The average molecular weight is 458 g/mol. The van der Waals surface area contributed by atoms with E-state index in [2.05, 4.69) is 38.5 Å². The maximum absolute atomic E-state index is 11.1. The van der Waals surface area contributed by atoms with E-state index in [9.17, 15) is 4.79 Å². The molecule has 1 heterocycles. The first-order chi connectivity index (χ1) is 11.2. The second-order valence-electron chi connectivity index (χ2n) is 5.06. The molecule has 0 fully saturated rings. The van der Waals surface area contributed by atoms with Crippen LogP contribution >= 0.6 is 35.3 Å². The smallest absolute Gasteiger partial charge is 0.221 e. The highest BCUT2D eigenvalue weighted by Gasteiger charge is 2.01. The van der Waals surface area contributed by atoms with Gasteiger partial charge in [0.05, 0.1) is 0 Å². The molecule has 0 aliphatic heterocycles. The zero-order chi connectivity index (χ0) is 16.5. The Morgan fingerprint density at radius 2 is 2.04 bits per heavy atom. The summed E-state index contributed by atoms with van der Waals surface area (Å²) in [5.41, 5.74) is 1.88. The standard InChI is InChI=1S/C17H22N4OS.HI/c1-13(22)21-15-6-3-5-14(11-15)12-20-17(18-2)19-9-8-16-7-4-10-23-16;/h3-7,10-11H,8-9,12H2,1-2H3,(H,21,22)(H2,18,19,20);1H. The molecule has 0 atom stereocenters. The van der Waals surface area contributed by atoms with Crippen molar-refractivity contribution in [2.75, 3.05) is 18.9 Å². The minimum Gasteiger partial charge on any atom is -0.356 e. The van der Waals surface area contributed by atoms with Crippen molar-refractivity contribution in [3.63, 3.8) is 0 Å². The third kappa shape index (κ3) is 7.31. The molecule has 0 unspecified atom stereocenters. The molecular weight excluding hydrogens is 435 g/mol. The van der Waals surface area contributed by atoms with E-state index >= 15 is 0 Å². The summed E-state index contributed by atoms with van der Waals surface area (Å²) in [6.07, 6.45) is 0.983. The number of anilines is 1. The first kappa shape index (κ1) is 20.4. The summed E-state index contributed by atoms with van der Waals surface area (Å²) >= 11 is 1.76. The lowest BCUT2D eigenvalue weighted by Gasteiger charge is -2.12. The summed E-state index contributed by atoms with van der Waals surface area (Å²) in [5.74, 6) is 0.702. The normalized spacial score (nSPS) is 10.7. The number of rotatable bonds is 6. The number of guanidine groups is 1. The molecule has 0 bridgehead atoms. The number of aliphatic imine (C=N–C) groups is 1. The first-order valence-electron chi connectivity index (χ1n) is 7.51. The number of amides is 1. The number of nitrogens with one attached hydrogen (secondary N) is 3. The molecule has 0 saturated carbocycles. The molecule has 0 saturated heterocycles. The van der Waals surface area contributed by atoms with Crippen LogP contribution in [-0.4, -0.2) is 25.5 Å². The van der Waals surface area contributed by atoms with Crippen molar-refractivity contribution < 1.29 is 4.79 Å². The van der Waals surface area contributed by atoms with Crippen LogP contribution in [0, 0.1) is 0 Å². The van der Waals surface area contributed by atoms with Crippen molar-refractivity contribution in [1.82, 2.24) is 10.6 Å². The molecule has 0 radical (unpaired) electrons. The highest BCUT2D eigenvalue weighted by molar-refractivity contribution is 14.0. The Labute approximate surface area is 164 Å². The molecule has 2 aromatic rings. The molecule has 24 heavy (non-hydrogen) atoms. The number of carbonyl (C=O) groups excluding carboxylic acids is 1. The predicted octanol–water partition coefficient (Wildman–Crippen LogP) is 3.23. The maximum atomic E-state index is 11.1. The first-order valence-corrected chi connectivity index (χ1v) is 8.39. The molecule has 130 valence electrons. The fourth-order valence-electron chi connectivity index (χ4n) is 2.13. The SMILES string of the molecule is CN=C(NCCc1cccs1)NCc1cccc(NC(C)=O)c1.I. The van der Waals surface area contributed by atoms with Crippen molar-refractivity contribution in [3.8, 4) is 0 Å². The van der Waals surface area contributed by atoms with Gasteiger partial charge in [0.1, 0.15) is 0 Å². The molecule has 1 amide bonds. The Bertz CT molecular complexity index is 658. The highest BCUT2D eigenvalue weighted by atomic mass is 127. The lowest BCUT2D eigenvalue weighted by Crippen LogP contribution is -2.37. The van der Waals surface area contributed by atoms with Crippen LogP contribution in [0.3, 0.4) is 0 Å². The van der Waals surface area contributed by atoms with Gasteiger partial charge in [0.2, 0.25) is 5.91 Å². The van der Waals surface area contributed by atoms with Gasteiger partial charge in [-0.3, -0.25) is 9.79 Å². The van der Waals surface area contributed by atoms with Crippen LogP contribution in [0.1, 0.15) is 17.4 Å². The number of thiophene rings is 1. The summed E-state index contributed by atoms with van der Waals surface area (Å²) in [7, 11) is 1.76. The number of carbonyl (C=O) groups is 1. The van der Waals surface area contributed by atoms with Gasteiger partial charge in [-0.05, 0) is 35.6 Å². The molecule has 7 heteroatoms. The molecule has 3 N–H and O–H groups in total. The van der Waals surface area contributed by atoms with Crippen LogP contribution in [0.5, 0.6) is 0 Å². The van der Waals surface area contributed by atoms with E-state index in [1.165, 1.54) is 11.8 Å². The molecule has 1 aromatic carbocycles. The largest absolute Gasteiger partial charge is 0.356 e. The van der Waals surface area contributed by atoms with E-state index in [0.29, 0.717) is 6.54 Å². The maximum Gasteiger partial charge on any atom is 0.221 e. The zero-order valence-corrected chi connectivity index (χ0v) is 17.0. The van der Waals surface area contributed by atoms with Crippen LogP contribution in [0.15, 0.2) is 46.8 Å². The molecular formula is C17H23IN4OS. The lowest BCUT2D eigenvalue weighted by molar-refractivity contribution is -0.114. The van der Waals surface area contributed by atoms with E-state index in [1.54, 1.807) is 18.4 Å². The van der Waals surface area contributed by atoms with Crippen LogP contribution in [-0.2, 0) is 17.8 Å². The molecule has 0 spiro atoms. The van der Waals surface area contributed by atoms with Crippen molar-refractivity contribution in [2.24, 2.45) is 4.99 Å². The van der Waals surface area contributed by atoms with Gasteiger partial charge in [0.25, 0.3) is 0 Å². The van der Waals surface area contributed by atoms with Gasteiger partial charge in [-0.25, -0.2) is 0 Å². The van der Waals surface area contributed by atoms with Gasteiger partial charge in [0, 0.05) is 37.6 Å². The van der Waals surface area contributed by atoms with E-state index in [4.69, 9.17) is 0 Å². The van der Waals surface area contributed by atoms with Gasteiger partial charge >= 0.3 is 0 Å². The minimum absolute atomic E-state index is 0. The van der Waals surface area contributed by atoms with Gasteiger partial charge in [-0.2, -0.15) is 0 Å². The fourth-order valence-corrected chi connectivity index (χ4v) is 2.84. The van der Waals surface area contributed by atoms with E-state index in [1.807, 2.05) is 24.3 Å². The predicted molar refractivity (Wildman–Crippen MR) is 112 cm³/mol. The summed E-state index contributed by atoms with van der Waals surface area (Å²) in [6.45, 7) is 2.99. The topological polar surface area (TPSA) is 65.5 Å². The number of halogens is 1. The second-order valence-corrected chi connectivity index (χ2v) is 6.10. The number of nitrogens with zero attached hydrogens (tertiary/aromatic N) is 1. The third-order valence-electron chi connectivity index (χ3n) is 3.17. The third-order valence-corrected chi connectivity index (χ3v) is 4.11. The average Bonchev–Trinajstić information content (AvgIpc) is 3.03. The highest BCUT2D eigenvalue weighted by Crippen LogP contribution is 2.10. The van der Waals surface area contributed by atoms with Crippen LogP contribution < -0.4 is 16.0 Å². The number of hydrogen-bond acceptors (Lipinski definition) is 3. The molecule has 1 aromatic heterocycles. The van der Waals surface area contributed by atoms with E-state index < -0.39 is 0 Å². The van der Waals surface area contributed by atoms with Gasteiger partial charge < -0.3 is 16.0 Å². The lowest BCUT2D eigenvalue weighted by atomic mass is 10.2. The monoisotopic (exact) mass is 458 g/mol. The van der Waals surface area contributed by atoms with Crippen molar-refractivity contribution >= 4 is 52.9 Å². The number of benzene rings is 1. The Kier molecular flexibility index (Phi) is 9.39.